The molecule has 2 atom stereocenters. The summed E-state index contributed by atoms with van der Waals surface area (Å²) in [6.45, 7) is 1.76. The lowest BCUT2D eigenvalue weighted by Crippen LogP contribution is -2.36. The monoisotopic (exact) mass is 294 g/mol. The molecule has 0 radical (unpaired) electrons. The van der Waals surface area contributed by atoms with Crippen LogP contribution in [0, 0.1) is 17.6 Å². The van der Waals surface area contributed by atoms with Crippen molar-refractivity contribution in [2.24, 2.45) is 5.92 Å². The second-order valence-electron chi connectivity index (χ2n) is 6.50. The van der Waals surface area contributed by atoms with E-state index in [0.717, 1.165) is 32.4 Å². The van der Waals surface area contributed by atoms with Crippen LogP contribution in [0.3, 0.4) is 0 Å². The quantitative estimate of drug-likeness (QED) is 0.914. The number of likely N-dealkylation sites (tertiary alicyclic amines) is 1. The number of rotatable bonds is 4. The summed E-state index contributed by atoms with van der Waals surface area (Å²) in [6, 6.07) is 4.66. The highest BCUT2D eigenvalue weighted by atomic mass is 19.1. The number of hydrogen-bond acceptors (Lipinski definition) is 2. The van der Waals surface area contributed by atoms with Gasteiger partial charge in [0.15, 0.2) is 0 Å². The maximum Gasteiger partial charge on any atom is 0.130 e. The summed E-state index contributed by atoms with van der Waals surface area (Å²) >= 11 is 0. The van der Waals surface area contributed by atoms with Crippen molar-refractivity contribution < 1.29 is 8.78 Å². The molecule has 4 heteroatoms. The molecule has 1 aliphatic heterocycles. The first-order chi connectivity index (χ1) is 10.2. The lowest BCUT2D eigenvalue weighted by molar-refractivity contribution is 0.179. The summed E-state index contributed by atoms with van der Waals surface area (Å²) in [7, 11) is 1.99. The number of halogens is 2. The molecule has 3 rings (SSSR count). The Hall–Kier alpha value is -1.00. The first-order valence-electron chi connectivity index (χ1n) is 8.04. The zero-order chi connectivity index (χ0) is 14.8. The van der Waals surface area contributed by atoms with Gasteiger partial charge >= 0.3 is 0 Å². The van der Waals surface area contributed by atoms with Crippen molar-refractivity contribution in [2.75, 3.05) is 20.1 Å². The van der Waals surface area contributed by atoms with Crippen LogP contribution in [0.25, 0.3) is 0 Å². The molecule has 1 heterocycles. The Morgan fingerprint density at radius 2 is 1.86 bits per heavy atom. The van der Waals surface area contributed by atoms with E-state index in [4.69, 9.17) is 0 Å². The Balaban J connectivity index is 1.87. The van der Waals surface area contributed by atoms with Gasteiger partial charge in [0.25, 0.3) is 0 Å². The van der Waals surface area contributed by atoms with E-state index in [1.54, 1.807) is 0 Å². The number of nitrogens with one attached hydrogen (secondary N) is 1. The SMILES string of the molecule is CN1CCCCC(CNC2CC2)C1c1c(F)cccc1F. The molecule has 1 saturated carbocycles. The molecule has 1 aromatic carbocycles. The minimum atomic E-state index is -0.412. The van der Waals surface area contributed by atoms with E-state index >= 15 is 0 Å². The van der Waals surface area contributed by atoms with Gasteiger partial charge < -0.3 is 5.32 Å². The smallest absolute Gasteiger partial charge is 0.130 e. The van der Waals surface area contributed by atoms with E-state index in [0.29, 0.717) is 6.04 Å². The van der Waals surface area contributed by atoms with Crippen LogP contribution in [0.4, 0.5) is 8.78 Å². The van der Waals surface area contributed by atoms with Crippen LogP contribution >= 0.6 is 0 Å². The van der Waals surface area contributed by atoms with E-state index < -0.39 is 11.6 Å². The average molecular weight is 294 g/mol. The van der Waals surface area contributed by atoms with E-state index in [-0.39, 0.29) is 17.5 Å². The molecule has 0 spiro atoms. The van der Waals surface area contributed by atoms with Crippen LogP contribution in [0.5, 0.6) is 0 Å². The summed E-state index contributed by atoms with van der Waals surface area (Å²) in [5.74, 6) is -0.556. The molecule has 1 N–H and O–H groups in total. The second kappa shape index (κ2) is 6.41. The Morgan fingerprint density at radius 1 is 1.14 bits per heavy atom. The summed E-state index contributed by atoms with van der Waals surface area (Å²) in [4.78, 5) is 2.13. The standard InChI is InChI=1S/C17H24F2N2/c1-21-10-3-2-5-12(11-20-13-8-9-13)17(21)16-14(18)6-4-7-15(16)19/h4,6-7,12-13,17,20H,2-3,5,8-11H2,1H3. The fourth-order valence-electron chi connectivity index (χ4n) is 3.49. The molecule has 2 unspecified atom stereocenters. The van der Waals surface area contributed by atoms with Gasteiger partial charge in [-0.05, 0) is 57.3 Å². The third-order valence-electron chi connectivity index (χ3n) is 4.80. The molecule has 2 nitrogen and oxygen atoms in total. The molecular weight excluding hydrogens is 270 g/mol. The predicted octanol–water partition coefficient (Wildman–Crippen LogP) is 3.49. The second-order valence-corrected chi connectivity index (χ2v) is 6.50. The number of hydrogen-bond donors (Lipinski definition) is 1. The van der Waals surface area contributed by atoms with E-state index in [9.17, 15) is 8.78 Å². The molecular formula is C17H24F2N2. The molecule has 2 fully saturated rings. The maximum absolute atomic E-state index is 14.2. The lowest BCUT2D eigenvalue weighted by atomic mass is 9.88. The Kier molecular flexibility index (Phi) is 4.55. The van der Waals surface area contributed by atoms with Crippen LogP contribution < -0.4 is 5.32 Å². The van der Waals surface area contributed by atoms with Gasteiger partial charge in [-0.2, -0.15) is 0 Å². The fourth-order valence-corrected chi connectivity index (χ4v) is 3.49. The lowest BCUT2D eigenvalue weighted by Gasteiger charge is -2.33. The van der Waals surface area contributed by atoms with E-state index in [1.807, 2.05) is 7.05 Å². The minimum absolute atomic E-state index is 0.167. The molecule has 2 aliphatic rings. The highest BCUT2D eigenvalue weighted by Gasteiger charge is 2.34. The predicted molar refractivity (Wildman–Crippen MR) is 80.1 cm³/mol. The molecule has 0 bridgehead atoms. The van der Waals surface area contributed by atoms with Gasteiger partial charge in [0.05, 0.1) is 0 Å². The normalized spacial score (nSPS) is 27.6. The van der Waals surface area contributed by atoms with Gasteiger partial charge in [-0.1, -0.05) is 12.5 Å². The molecule has 1 aliphatic carbocycles. The minimum Gasteiger partial charge on any atom is -0.314 e. The first-order valence-corrected chi connectivity index (χ1v) is 8.04. The molecule has 21 heavy (non-hydrogen) atoms. The molecule has 1 aromatic rings. The molecule has 0 aromatic heterocycles. The van der Waals surface area contributed by atoms with Crippen molar-refractivity contribution >= 4 is 0 Å². The topological polar surface area (TPSA) is 15.3 Å². The van der Waals surface area contributed by atoms with Gasteiger partial charge in [0, 0.05) is 24.2 Å². The number of nitrogens with zero attached hydrogens (tertiary/aromatic N) is 1. The van der Waals surface area contributed by atoms with Crippen molar-refractivity contribution in [1.82, 2.24) is 10.2 Å². The highest BCUT2D eigenvalue weighted by molar-refractivity contribution is 5.24. The molecule has 0 amide bonds. The Labute approximate surface area is 125 Å². The number of benzene rings is 1. The molecule has 1 saturated heterocycles. The van der Waals surface area contributed by atoms with Crippen molar-refractivity contribution in [3.63, 3.8) is 0 Å². The van der Waals surface area contributed by atoms with Gasteiger partial charge in [-0.15, -0.1) is 0 Å². The van der Waals surface area contributed by atoms with Gasteiger partial charge in [0.1, 0.15) is 11.6 Å². The highest BCUT2D eigenvalue weighted by Crippen LogP contribution is 2.37. The van der Waals surface area contributed by atoms with Crippen LogP contribution in [-0.2, 0) is 0 Å². The third kappa shape index (κ3) is 3.43. The Bertz CT molecular complexity index is 467. The summed E-state index contributed by atoms with van der Waals surface area (Å²) in [6.07, 6.45) is 5.74. The van der Waals surface area contributed by atoms with Crippen LogP contribution in [0.1, 0.15) is 43.7 Å². The summed E-state index contributed by atoms with van der Waals surface area (Å²) in [5, 5.41) is 3.54. The van der Waals surface area contributed by atoms with E-state index in [2.05, 4.69) is 10.2 Å². The van der Waals surface area contributed by atoms with Crippen molar-refractivity contribution in [3.8, 4) is 0 Å². The van der Waals surface area contributed by atoms with Gasteiger partial charge in [0.2, 0.25) is 0 Å². The van der Waals surface area contributed by atoms with Crippen molar-refractivity contribution in [3.05, 3.63) is 35.4 Å². The van der Waals surface area contributed by atoms with Crippen LogP contribution in [0.2, 0.25) is 0 Å². The zero-order valence-electron chi connectivity index (χ0n) is 12.6. The summed E-state index contributed by atoms with van der Waals surface area (Å²) in [5.41, 5.74) is 0.254. The zero-order valence-corrected chi connectivity index (χ0v) is 12.6. The average Bonchev–Trinajstić information content (AvgIpc) is 3.27. The van der Waals surface area contributed by atoms with Crippen LogP contribution in [0.15, 0.2) is 18.2 Å². The third-order valence-corrected chi connectivity index (χ3v) is 4.80. The van der Waals surface area contributed by atoms with Crippen molar-refractivity contribution in [2.45, 2.75) is 44.2 Å². The van der Waals surface area contributed by atoms with Crippen molar-refractivity contribution in [1.29, 1.82) is 0 Å². The first kappa shape index (κ1) is 14.9. The maximum atomic E-state index is 14.2. The summed E-state index contributed by atoms with van der Waals surface area (Å²) < 4.78 is 28.5. The Morgan fingerprint density at radius 3 is 2.52 bits per heavy atom. The van der Waals surface area contributed by atoms with Gasteiger partial charge in [-0.3, -0.25) is 4.90 Å². The fraction of sp³-hybridized carbons (Fsp3) is 0.647. The largest absolute Gasteiger partial charge is 0.314 e. The van der Waals surface area contributed by atoms with Crippen LogP contribution in [-0.4, -0.2) is 31.1 Å². The van der Waals surface area contributed by atoms with Gasteiger partial charge in [-0.25, -0.2) is 8.78 Å². The molecule has 116 valence electrons. The van der Waals surface area contributed by atoms with E-state index in [1.165, 1.54) is 31.0 Å².